The number of methoxy groups -OCH3 is 1. The predicted octanol–water partition coefficient (Wildman–Crippen LogP) is 4.20. The van der Waals surface area contributed by atoms with Crippen LogP contribution in [0.15, 0.2) is 42.6 Å². The van der Waals surface area contributed by atoms with Crippen molar-refractivity contribution in [2.24, 2.45) is 0 Å². The number of rotatable bonds is 4. The second kappa shape index (κ2) is 9.69. The molecule has 0 saturated carbocycles. The fourth-order valence-electron chi connectivity index (χ4n) is 4.01. The van der Waals surface area contributed by atoms with Crippen molar-refractivity contribution in [3.63, 3.8) is 0 Å². The van der Waals surface area contributed by atoms with Crippen molar-refractivity contribution in [1.29, 1.82) is 0 Å². The summed E-state index contributed by atoms with van der Waals surface area (Å²) in [5.41, 5.74) is 3.28. The Morgan fingerprint density at radius 1 is 1.12 bits per heavy atom. The molecule has 0 bridgehead atoms. The zero-order valence-electron chi connectivity index (χ0n) is 18.7. The van der Waals surface area contributed by atoms with Crippen LogP contribution in [0.3, 0.4) is 0 Å². The second-order valence-corrected chi connectivity index (χ2v) is 9.10. The molecule has 2 N–H and O–H groups in total. The van der Waals surface area contributed by atoms with Crippen LogP contribution in [0.1, 0.15) is 29.1 Å². The first-order valence-corrected chi connectivity index (χ1v) is 12.0. The number of hydrogen-bond acceptors (Lipinski definition) is 7. The number of carbonyl (C=O) groups excluding carboxylic acids is 1. The van der Waals surface area contributed by atoms with Crippen LogP contribution in [-0.2, 0) is 6.54 Å². The van der Waals surface area contributed by atoms with Crippen LogP contribution in [0.4, 0.5) is 11.4 Å². The summed E-state index contributed by atoms with van der Waals surface area (Å²) >= 11 is 7.35. The van der Waals surface area contributed by atoms with E-state index in [1.807, 2.05) is 49.1 Å². The molecular weight excluding hydrogens is 462 g/mol. The Morgan fingerprint density at radius 2 is 1.85 bits per heavy atom. The molecule has 174 valence electrons. The monoisotopic (exact) mass is 487 g/mol. The maximum absolute atomic E-state index is 13.1. The first-order chi connectivity index (χ1) is 15.9. The van der Waals surface area contributed by atoms with Crippen molar-refractivity contribution in [2.45, 2.75) is 32.6 Å². The molecule has 1 aromatic carbocycles. The van der Waals surface area contributed by atoms with Crippen LogP contribution in [0.5, 0.6) is 5.75 Å². The zero-order valence-corrected chi connectivity index (χ0v) is 20.2. The molecule has 3 aromatic rings. The molecule has 0 aliphatic carbocycles. The van der Waals surface area contributed by atoms with Gasteiger partial charge in [-0.15, -0.1) is 11.3 Å². The number of carbonyl (C=O) groups is 1. The Balaban J connectivity index is 0.00000126. The van der Waals surface area contributed by atoms with Crippen molar-refractivity contribution >= 4 is 40.2 Å². The molecule has 2 unspecified atom stereocenters. The largest absolute Gasteiger partial charge is 0.495 e. The summed E-state index contributed by atoms with van der Waals surface area (Å²) in [6, 6.07) is 11.2. The van der Waals surface area contributed by atoms with Gasteiger partial charge in [-0.1, -0.05) is 25.4 Å². The first kappa shape index (κ1) is 23.5. The van der Waals surface area contributed by atoms with Crippen LogP contribution in [-0.4, -0.2) is 53.5 Å². The van der Waals surface area contributed by atoms with Gasteiger partial charge in [0.15, 0.2) is 0 Å². The average molecular weight is 488 g/mol. The fourth-order valence-corrected chi connectivity index (χ4v) is 5.22. The van der Waals surface area contributed by atoms with E-state index in [1.165, 1.54) is 11.3 Å². The Morgan fingerprint density at radius 3 is 2.45 bits per heavy atom. The highest BCUT2D eigenvalue weighted by Gasteiger charge is 2.34. The number of fused-ring (bicyclic) bond motifs is 1. The van der Waals surface area contributed by atoms with Crippen molar-refractivity contribution < 1.29 is 19.7 Å². The Labute approximate surface area is 201 Å². The van der Waals surface area contributed by atoms with Crippen LogP contribution in [0.2, 0.25) is 5.02 Å². The summed E-state index contributed by atoms with van der Waals surface area (Å²) in [7, 11) is 1.57. The molecule has 5 rings (SSSR count). The van der Waals surface area contributed by atoms with Gasteiger partial charge in [0.25, 0.3) is 5.91 Å². The molecule has 1 amide bonds. The molecule has 2 aliphatic heterocycles. The van der Waals surface area contributed by atoms with Gasteiger partial charge in [-0.05, 0) is 35.9 Å². The lowest BCUT2D eigenvalue weighted by Crippen LogP contribution is -2.24. The molecule has 1 fully saturated rings. The molecule has 2 aromatic heterocycles. The van der Waals surface area contributed by atoms with Gasteiger partial charge in [0, 0.05) is 31.0 Å². The summed E-state index contributed by atoms with van der Waals surface area (Å²) in [5.74, 6) is 0.537. The number of ether oxygens (including phenoxy) is 1. The normalized spacial score (nSPS) is 19.4. The third kappa shape index (κ3) is 4.44. The van der Waals surface area contributed by atoms with Crippen LogP contribution in [0.25, 0.3) is 10.6 Å². The van der Waals surface area contributed by atoms with Crippen LogP contribution >= 0.6 is 22.9 Å². The summed E-state index contributed by atoms with van der Waals surface area (Å²) in [6.07, 6.45) is 0.0249. The summed E-state index contributed by atoms with van der Waals surface area (Å²) in [4.78, 5) is 22.7. The summed E-state index contributed by atoms with van der Waals surface area (Å²) in [6.45, 7) is 5.14. The highest BCUT2D eigenvalue weighted by Crippen LogP contribution is 2.40. The molecule has 9 heteroatoms. The lowest BCUT2D eigenvalue weighted by atomic mass is 10.2. The third-order valence-electron chi connectivity index (χ3n) is 5.63. The number of hydrogen-bond donors (Lipinski definition) is 2. The van der Waals surface area contributed by atoms with Gasteiger partial charge < -0.3 is 24.7 Å². The van der Waals surface area contributed by atoms with Crippen molar-refractivity contribution in [2.75, 3.05) is 30.0 Å². The molecule has 2 atom stereocenters. The van der Waals surface area contributed by atoms with Gasteiger partial charge in [0.05, 0.1) is 52.0 Å². The molecule has 0 radical (unpaired) electrons. The number of benzene rings is 1. The molecule has 33 heavy (non-hydrogen) atoms. The Kier molecular flexibility index (Phi) is 6.90. The zero-order chi connectivity index (χ0) is 23.7. The number of anilines is 2. The lowest BCUT2D eigenvalue weighted by molar-refractivity contribution is 0.0572. The number of aromatic nitrogens is 1. The average Bonchev–Trinajstić information content (AvgIpc) is 3.49. The van der Waals surface area contributed by atoms with Crippen LogP contribution in [0, 0.1) is 0 Å². The number of aliphatic hydroxyl groups is 2. The first-order valence-electron chi connectivity index (χ1n) is 10.8. The Hall–Kier alpha value is -2.65. The maximum atomic E-state index is 13.1. The predicted molar refractivity (Wildman–Crippen MR) is 132 cm³/mol. The van der Waals surface area contributed by atoms with E-state index >= 15 is 0 Å². The third-order valence-corrected chi connectivity index (χ3v) is 7.04. The van der Waals surface area contributed by atoms with Crippen molar-refractivity contribution in [1.82, 2.24) is 4.98 Å². The minimum atomic E-state index is -0.787. The van der Waals surface area contributed by atoms with Gasteiger partial charge in [-0.3, -0.25) is 9.78 Å². The molecule has 0 spiro atoms. The maximum Gasteiger partial charge on any atom is 0.269 e. The number of thiophene rings is 1. The minimum absolute atomic E-state index is 0.0537. The van der Waals surface area contributed by atoms with Gasteiger partial charge >= 0.3 is 0 Å². The van der Waals surface area contributed by atoms with E-state index in [-0.39, 0.29) is 5.91 Å². The number of β-amino-alcohol motifs (C(OH)–C–C–N with tert-alkyl or cyclic N) is 2. The number of amides is 1. The van der Waals surface area contributed by atoms with Crippen molar-refractivity contribution in [3.8, 4) is 16.3 Å². The minimum Gasteiger partial charge on any atom is -0.495 e. The van der Waals surface area contributed by atoms with E-state index in [0.29, 0.717) is 35.3 Å². The lowest BCUT2D eigenvalue weighted by Gasteiger charge is -2.23. The van der Waals surface area contributed by atoms with E-state index in [9.17, 15) is 15.0 Å². The number of nitrogens with zero attached hydrogens (tertiary/aromatic N) is 3. The van der Waals surface area contributed by atoms with Gasteiger partial charge in [-0.2, -0.15) is 0 Å². The molecule has 4 heterocycles. The molecule has 2 aliphatic rings. The van der Waals surface area contributed by atoms with E-state index in [1.54, 1.807) is 24.3 Å². The topological polar surface area (TPSA) is 86.1 Å². The van der Waals surface area contributed by atoms with Gasteiger partial charge in [0.2, 0.25) is 0 Å². The van der Waals surface area contributed by atoms with E-state index in [2.05, 4.69) is 4.98 Å². The SMILES string of the molecule is CC.COc1cc(N2Cc3cc(-c4ccc(Cl)cn4)sc3C2=O)ccc1N1CC(O)C(O)C1. The quantitative estimate of drug-likeness (QED) is 0.573. The molecule has 1 saturated heterocycles. The van der Waals surface area contributed by atoms with Gasteiger partial charge in [-0.25, -0.2) is 0 Å². The van der Waals surface area contributed by atoms with Crippen molar-refractivity contribution in [3.05, 3.63) is 58.1 Å². The fraction of sp³-hybridized carbons (Fsp3) is 0.333. The summed E-state index contributed by atoms with van der Waals surface area (Å²) in [5, 5.41) is 20.3. The summed E-state index contributed by atoms with van der Waals surface area (Å²) < 4.78 is 5.55. The second-order valence-electron chi connectivity index (χ2n) is 7.61. The highest BCUT2D eigenvalue weighted by molar-refractivity contribution is 7.17. The van der Waals surface area contributed by atoms with E-state index < -0.39 is 12.2 Å². The number of halogens is 1. The number of pyridine rings is 1. The standard InChI is InChI=1S/C22H20ClN3O4S.C2H6/c1-30-19-7-14(3-5-16(19)25-10-17(27)18(28)11-25)26-9-12-6-20(31-21(12)22(26)29)15-4-2-13(23)8-24-15;1-2/h2-8,17-18,27-28H,9-11H2,1H3;1-2H3. The molecule has 7 nitrogen and oxygen atoms in total. The van der Waals surface area contributed by atoms with Crippen LogP contribution < -0.4 is 14.5 Å². The highest BCUT2D eigenvalue weighted by atomic mass is 35.5. The van der Waals surface area contributed by atoms with E-state index in [4.69, 9.17) is 16.3 Å². The molecular formula is C24H26ClN3O4S. The smallest absolute Gasteiger partial charge is 0.269 e. The number of aliphatic hydroxyl groups excluding tert-OH is 2. The van der Waals surface area contributed by atoms with E-state index in [0.717, 1.165) is 27.5 Å². The Bertz CT molecular complexity index is 1140. The van der Waals surface area contributed by atoms with Gasteiger partial charge in [0.1, 0.15) is 5.75 Å².